The molecule has 0 heterocycles. The summed E-state index contributed by atoms with van der Waals surface area (Å²) in [7, 11) is 0. The van der Waals surface area contributed by atoms with Crippen LogP contribution in [0.5, 0.6) is 0 Å². The van der Waals surface area contributed by atoms with Crippen LogP contribution >= 0.6 is 11.8 Å². The summed E-state index contributed by atoms with van der Waals surface area (Å²) in [4.78, 5) is 42.4. The van der Waals surface area contributed by atoms with Crippen LogP contribution in [0.3, 0.4) is 0 Å². The molecular weight excluding hydrogens is 632 g/mol. The van der Waals surface area contributed by atoms with E-state index in [1.165, 1.54) is 12.8 Å². The van der Waals surface area contributed by atoms with Crippen LogP contribution < -0.4 is 0 Å². The molecule has 0 aliphatic heterocycles. The quantitative estimate of drug-likeness (QED) is 0.0684. The van der Waals surface area contributed by atoms with Crippen LogP contribution in [0.1, 0.15) is 170 Å². The number of hydrogen-bond donors (Lipinski definition) is 0. The Morgan fingerprint density at radius 2 is 0.875 bits per heavy atom. The first kappa shape index (κ1) is 68.2. The van der Waals surface area contributed by atoms with Crippen molar-refractivity contribution in [2.75, 3.05) is 51.6 Å². The Morgan fingerprint density at radius 1 is 0.500 bits per heavy atom. The monoisotopic (exact) mass is 719 g/mol. The number of carbonyl (C=O) groups excluding carboxylic acids is 4. The Labute approximate surface area is 305 Å². The molecule has 0 rings (SSSR count). The summed E-state index contributed by atoms with van der Waals surface area (Å²) in [6.45, 7) is 23.5. The molecule has 0 saturated carbocycles. The summed E-state index contributed by atoms with van der Waals surface area (Å²) >= 11 is 1.66. The molecule has 48 heavy (non-hydrogen) atoms. The minimum atomic E-state index is -0.132. The molecule has 0 amide bonds. The van der Waals surface area contributed by atoms with Crippen molar-refractivity contribution < 1.29 is 42.9 Å². The van der Waals surface area contributed by atoms with E-state index in [0.29, 0.717) is 65.3 Å². The van der Waals surface area contributed by atoms with Crippen molar-refractivity contribution in [1.29, 1.82) is 0 Å². The molecule has 0 fully saturated rings. The molecule has 0 radical (unpaired) electrons. The lowest BCUT2D eigenvalue weighted by atomic mass is 10.1. The number of esters is 4. The molecular formula is C38H86O9S. The topological polar surface area (TPSA) is 114 Å². The van der Waals surface area contributed by atoms with Gasteiger partial charge in [-0.25, -0.2) is 0 Å². The van der Waals surface area contributed by atoms with E-state index in [1.807, 2.05) is 47.8 Å². The van der Waals surface area contributed by atoms with Crippen molar-refractivity contribution in [3.63, 3.8) is 0 Å². The number of carbonyl (C=O) groups is 4. The second-order valence-electron chi connectivity index (χ2n) is 9.86. The van der Waals surface area contributed by atoms with Gasteiger partial charge in [-0.3, -0.25) is 19.2 Å². The normalized spacial score (nSPS) is 8.58. The fourth-order valence-electron chi connectivity index (χ4n) is 2.50. The lowest BCUT2D eigenvalue weighted by Crippen LogP contribution is -2.09. The summed E-state index contributed by atoms with van der Waals surface area (Å²) < 4.78 is 24.1. The molecule has 0 aliphatic carbocycles. The largest absolute Gasteiger partial charge is 0.466 e. The maximum atomic E-state index is 10.7. The van der Waals surface area contributed by atoms with Crippen LogP contribution in [0, 0.1) is 5.92 Å². The van der Waals surface area contributed by atoms with E-state index in [2.05, 4.69) is 20.8 Å². The standard InChI is InChI=1S/C8H16O3.C7H14O2S.C7H14O2.C6H12O2.C6H14.4CH4/c1-3-5-8(9)11-7-6-10-4-2;1-3-5-9-7(8)4-6-10-2;1-3-5-7(8)9-6-4-2;1-3-5-8-6(7)4-2;1-4-5-6(2)3;;;;/h3-7H2,1-2H3;3-6H2,1-2H3;3-6H2,1-2H3;3-5H2,1-2H3;6H,4-5H2,1-3H3;4*1H4. The average Bonchev–Trinajstić information content (AvgIpc) is 3.00. The number of ether oxygens (including phenoxy) is 5. The minimum Gasteiger partial charge on any atom is -0.466 e. The third-order valence-corrected chi connectivity index (χ3v) is 5.28. The summed E-state index contributed by atoms with van der Waals surface area (Å²) in [6, 6.07) is 0. The van der Waals surface area contributed by atoms with E-state index in [-0.39, 0.29) is 53.6 Å². The Hall–Kier alpha value is -1.81. The first-order chi connectivity index (χ1) is 21.0. The first-order valence-corrected chi connectivity index (χ1v) is 18.1. The zero-order chi connectivity index (χ0) is 34.9. The van der Waals surface area contributed by atoms with Gasteiger partial charge in [0.2, 0.25) is 0 Å². The Morgan fingerprint density at radius 3 is 1.15 bits per heavy atom. The van der Waals surface area contributed by atoms with Gasteiger partial charge in [-0.15, -0.1) is 0 Å². The van der Waals surface area contributed by atoms with Crippen LogP contribution in [-0.4, -0.2) is 75.5 Å². The second kappa shape index (κ2) is 63.8. The zero-order valence-corrected chi connectivity index (χ0v) is 31.2. The molecule has 0 aromatic rings. The van der Waals surface area contributed by atoms with E-state index >= 15 is 0 Å². The second-order valence-corrected chi connectivity index (χ2v) is 10.8. The van der Waals surface area contributed by atoms with Crippen molar-refractivity contribution in [2.45, 2.75) is 170 Å². The molecule has 0 saturated heterocycles. The molecule has 298 valence electrons. The highest BCUT2D eigenvalue weighted by molar-refractivity contribution is 7.98. The van der Waals surface area contributed by atoms with Gasteiger partial charge in [0.1, 0.15) is 6.61 Å². The third-order valence-electron chi connectivity index (χ3n) is 4.67. The van der Waals surface area contributed by atoms with E-state index in [1.54, 1.807) is 18.7 Å². The molecule has 0 aromatic heterocycles. The van der Waals surface area contributed by atoms with Crippen LogP contribution in [0.25, 0.3) is 0 Å². The third kappa shape index (κ3) is 84.7. The molecule has 0 bridgehead atoms. The lowest BCUT2D eigenvalue weighted by Gasteiger charge is -2.02. The van der Waals surface area contributed by atoms with Gasteiger partial charge in [-0.2, -0.15) is 11.8 Å². The smallest absolute Gasteiger partial charge is 0.306 e. The molecule has 10 heteroatoms. The van der Waals surface area contributed by atoms with Crippen LogP contribution in [0.4, 0.5) is 0 Å². The molecule has 0 aromatic carbocycles. The molecule has 0 N–H and O–H groups in total. The van der Waals surface area contributed by atoms with Gasteiger partial charge in [0.15, 0.2) is 0 Å². The average molecular weight is 719 g/mol. The predicted molar refractivity (Wildman–Crippen MR) is 211 cm³/mol. The van der Waals surface area contributed by atoms with Crippen molar-refractivity contribution in [3.05, 3.63) is 0 Å². The predicted octanol–water partition coefficient (Wildman–Crippen LogP) is 11.1. The maximum Gasteiger partial charge on any atom is 0.306 e. The van der Waals surface area contributed by atoms with Gasteiger partial charge in [-0.1, -0.05) is 105 Å². The van der Waals surface area contributed by atoms with E-state index < -0.39 is 0 Å². The van der Waals surface area contributed by atoms with Crippen molar-refractivity contribution in [2.24, 2.45) is 5.92 Å². The van der Waals surface area contributed by atoms with Gasteiger partial charge in [-0.05, 0) is 51.2 Å². The highest BCUT2D eigenvalue weighted by Crippen LogP contribution is 2.00. The minimum absolute atomic E-state index is 0. The Kier molecular flexibility index (Phi) is 90.7. The summed E-state index contributed by atoms with van der Waals surface area (Å²) in [6.07, 6.45) is 11.2. The number of rotatable bonds is 20. The van der Waals surface area contributed by atoms with Crippen LogP contribution in [0.2, 0.25) is 0 Å². The van der Waals surface area contributed by atoms with Crippen LogP contribution in [-0.2, 0) is 42.9 Å². The van der Waals surface area contributed by atoms with Crippen LogP contribution in [0.15, 0.2) is 0 Å². The number of hydrogen-bond acceptors (Lipinski definition) is 10. The summed E-state index contributed by atoms with van der Waals surface area (Å²) in [5.41, 5.74) is 0. The highest BCUT2D eigenvalue weighted by Gasteiger charge is 2.00. The first-order valence-electron chi connectivity index (χ1n) is 16.7. The summed E-state index contributed by atoms with van der Waals surface area (Å²) in [5.74, 6) is 1.38. The van der Waals surface area contributed by atoms with Gasteiger partial charge in [0, 0.05) is 31.6 Å². The maximum absolute atomic E-state index is 10.7. The fraction of sp³-hybridized carbons (Fsp3) is 0.895. The number of thioether (sulfide) groups is 1. The molecule has 9 nitrogen and oxygen atoms in total. The SMILES string of the molecule is C.C.C.C.CCCC(=O)OCCOCC.CCCC(C)C.CCCOC(=O)CC.CCCOC(=O)CCC.CCCOC(=O)CCSC. The molecule has 0 unspecified atom stereocenters. The van der Waals surface area contributed by atoms with Crippen molar-refractivity contribution >= 4 is 35.6 Å². The molecule has 0 atom stereocenters. The van der Waals surface area contributed by atoms with Crippen molar-refractivity contribution in [1.82, 2.24) is 0 Å². The van der Waals surface area contributed by atoms with Gasteiger partial charge < -0.3 is 23.7 Å². The fourth-order valence-corrected chi connectivity index (χ4v) is 2.87. The Bertz CT molecular complexity index is 591. The Balaban J connectivity index is -0.0000000561. The molecule has 0 aliphatic rings. The highest BCUT2D eigenvalue weighted by atomic mass is 32.2. The van der Waals surface area contributed by atoms with Crippen molar-refractivity contribution in [3.8, 4) is 0 Å². The van der Waals surface area contributed by atoms with Gasteiger partial charge in [0.05, 0.1) is 32.8 Å². The zero-order valence-electron chi connectivity index (χ0n) is 30.4. The lowest BCUT2D eigenvalue weighted by molar-refractivity contribution is -0.145. The van der Waals surface area contributed by atoms with E-state index in [9.17, 15) is 19.2 Å². The van der Waals surface area contributed by atoms with Gasteiger partial charge in [0.25, 0.3) is 0 Å². The summed E-state index contributed by atoms with van der Waals surface area (Å²) in [5, 5.41) is 0. The van der Waals surface area contributed by atoms with E-state index in [0.717, 1.165) is 43.8 Å². The van der Waals surface area contributed by atoms with E-state index in [4.69, 9.17) is 23.7 Å². The molecule has 0 spiro atoms. The van der Waals surface area contributed by atoms with Gasteiger partial charge >= 0.3 is 23.9 Å².